The molecular formula is C24H26N6OS. The first kappa shape index (κ1) is 25.7. The van der Waals surface area contributed by atoms with Crippen molar-refractivity contribution < 1.29 is 4.42 Å². The number of imidazole rings is 1. The molecule has 0 saturated carbocycles. The minimum absolute atomic E-state index is 1.44. The number of hydrogen-bond acceptors (Lipinski definition) is 6. The van der Waals surface area contributed by atoms with Crippen LogP contribution in [0, 0.1) is 0 Å². The lowest BCUT2D eigenvalue weighted by Gasteiger charge is -1.70. The fourth-order valence-electron chi connectivity index (χ4n) is 1.53. The van der Waals surface area contributed by atoms with E-state index in [1.807, 2.05) is 89.6 Å². The van der Waals surface area contributed by atoms with Gasteiger partial charge in [-0.1, -0.05) is 54.6 Å². The molecule has 0 fully saturated rings. The summed E-state index contributed by atoms with van der Waals surface area (Å²) in [6.45, 7) is 0. The molecule has 0 aliphatic heterocycles. The predicted molar refractivity (Wildman–Crippen MR) is 129 cm³/mol. The first-order chi connectivity index (χ1) is 16.0. The van der Waals surface area contributed by atoms with Crippen LogP contribution in [0.15, 0.2) is 150 Å². The van der Waals surface area contributed by atoms with Crippen LogP contribution in [0.5, 0.6) is 0 Å². The van der Waals surface area contributed by atoms with Gasteiger partial charge in [0, 0.05) is 24.8 Å². The Balaban J connectivity index is 0.000000192. The number of pyridine rings is 1. The molecule has 0 amide bonds. The fourth-order valence-corrected chi connectivity index (χ4v) is 1.99. The third-order valence-electron chi connectivity index (χ3n) is 2.82. The van der Waals surface area contributed by atoms with Gasteiger partial charge >= 0.3 is 0 Å². The van der Waals surface area contributed by atoms with Crippen LogP contribution >= 0.6 is 11.3 Å². The van der Waals surface area contributed by atoms with E-state index in [1.165, 1.54) is 12.7 Å². The van der Waals surface area contributed by atoms with Crippen molar-refractivity contribution in [1.82, 2.24) is 30.1 Å². The maximum atomic E-state index is 4.58. The van der Waals surface area contributed by atoms with Gasteiger partial charge in [0.25, 0.3) is 0 Å². The number of aromatic amines is 2. The highest BCUT2D eigenvalue weighted by Crippen LogP contribution is 1.91. The van der Waals surface area contributed by atoms with Crippen LogP contribution in [0.25, 0.3) is 0 Å². The van der Waals surface area contributed by atoms with E-state index >= 15 is 0 Å². The Bertz CT molecular complexity index is 701. The topological polar surface area (TPSA) is 96.3 Å². The number of aromatic nitrogens is 6. The van der Waals surface area contributed by atoms with Crippen LogP contribution in [0.3, 0.4) is 0 Å². The van der Waals surface area contributed by atoms with Gasteiger partial charge in [0.2, 0.25) is 0 Å². The molecule has 0 aliphatic rings. The Morgan fingerprint density at radius 3 is 1.38 bits per heavy atom. The van der Waals surface area contributed by atoms with Crippen LogP contribution in [0.2, 0.25) is 0 Å². The maximum absolute atomic E-state index is 4.58. The van der Waals surface area contributed by atoms with Gasteiger partial charge in [0.15, 0.2) is 0 Å². The molecule has 0 saturated heterocycles. The van der Waals surface area contributed by atoms with Crippen LogP contribution < -0.4 is 0 Å². The molecule has 2 N–H and O–H groups in total. The third-order valence-corrected chi connectivity index (χ3v) is 3.45. The van der Waals surface area contributed by atoms with Crippen molar-refractivity contribution in [2.75, 3.05) is 0 Å². The first-order valence-electron chi connectivity index (χ1n) is 9.51. The SMILES string of the molecule is c1c[nH]cn1.c1ccccc1.c1ccncc1.c1ccoc1.c1ccsc1.c1nc[nH]n1. The summed E-state index contributed by atoms with van der Waals surface area (Å²) in [5, 5.41) is 10.1. The number of H-pyrrole nitrogens is 2. The summed E-state index contributed by atoms with van der Waals surface area (Å²) in [4.78, 5) is 13.8. The second kappa shape index (κ2) is 23.0. The van der Waals surface area contributed by atoms with E-state index in [-0.39, 0.29) is 0 Å². The summed E-state index contributed by atoms with van der Waals surface area (Å²) in [6, 6.07) is 25.4. The molecule has 0 spiro atoms. The number of nitrogens with one attached hydrogen (secondary N) is 2. The standard InChI is InChI=1S/C6H6.C5H5N.C4H4O.C4H4S.C3H4N2.C2H3N3/c2*1-2-4-6-5-3-1;2*1-2-4-5-3-1;1-2-5-3-4-1;1-3-2-5-4-1/h1-6H;1-5H;2*1-4H;1-3H,(H,4,5);1-2H,(H,3,4,5). The fraction of sp³-hybridized carbons (Fsp3) is 0. The number of benzene rings is 1. The number of nitrogens with zero attached hydrogens (tertiary/aromatic N) is 4. The van der Waals surface area contributed by atoms with Crippen molar-refractivity contribution in [2.45, 2.75) is 0 Å². The van der Waals surface area contributed by atoms with Crippen molar-refractivity contribution in [1.29, 1.82) is 0 Å². The van der Waals surface area contributed by atoms with Gasteiger partial charge in [-0.2, -0.15) is 16.4 Å². The van der Waals surface area contributed by atoms with E-state index in [1.54, 1.807) is 55.0 Å². The van der Waals surface area contributed by atoms with Crippen LogP contribution in [0.1, 0.15) is 0 Å². The van der Waals surface area contributed by atoms with E-state index in [2.05, 4.69) is 34.6 Å². The summed E-state index contributed by atoms with van der Waals surface area (Å²) in [7, 11) is 0. The summed E-state index contributed by atoms with van der Waals surface area (Å²) >= 11 is 1.71. The monoisotopic (exact) mass is 446 g/mol. The lowest BCUT2D eigenvalue weighted by molar-refractivity contribution is 0.567. The van der Waals surface area contributed by atoms with Crippen LogP contribution in [-0.2, 0) is 0 Å². The van der Waals surface area contributed by atoms with Gasteiger partial charge in [0.1, 0.15) is 12.7 Å². The van der Waals surface area contributed by atoms with E-state index in [4.69, 9.17) is 0 Å². The number of hydrogen-bond donors (Lipinski definition) is 2. The third kappa shape index (κ3) is 20.4. The van der Waals surface area contributed by atoms with Crippen LogP contribution in [-0.4, -0.2) is 30.1 Å². The molecule has 6 aromatic rings. The predicted octanol–water partition coefficient (Wildman–Crippen LogP) is 6.01. The summed E-state index contributed by atoms with van der Waals surface area (Å²) < 4.78 is 4.58. The zero-order chi connectivity index (χ0) is 22.6. The molecule has 0 aliphatic carbocycles. The van der Waals surface area contributed by atoms with E-state index in [0.717, 1.165) is 0 Å². The molecule has 6 rings (SSSR count). The van der Waals surface area contributed by atoms with Crippen molar-refractivity contribution >= 4 is 11.3 Å². The minimum Gasteiger partial charge on any atom is -0.473 e. The van der Waals surface area contributed by atoms with Crippen molar-refractivity contribution in [3.05, 3.63) is 146 Å². The molecule has 5 aromatic heterocycles. The molecule has 0 unspecified atom stereocenters. The van der Waals surface area contributed by atoms with Crippen molar-refractivity contribution in [2.24, 2.45) is 0 Å². The zero-order valence-corrected chi connectivity index (χ0v) is 18.3. The number of thiophene rings is 1. The average Bonchev–Trinajstić information content (AvgIpc) is 3.73. The van der Waals surface area contributed by atoms with Crippen molar-refractivity contribution in [3.63, 3.8) is 0 Å². The molecule has 7 nitrogen and oxygen atoms in total. The van der Waals surface area contributed by atoms with Gasteiger partial charge in [-0.05, 0) is 35.0 Å². The highest BCUT2D eigenvalue weighted by Gasteiger charge is 1.60. The summed E-state index contributed by atoms with van der Waals surface area (Å²) in [5.41, 5.74) is 0. The molecule has 164 valence electrons. The average molecular weight is 447 g/mol. The highest BCUT2D eigenvalue weighted by atomic mass is 32.1. The molecule has 0 atom stereocenters. The maximum Gasteiger partial charge on any atom is 0.137 e. The molecule has 0 bridgehead atoms. The van der Waals surface area contributed by atoms with E-state index < -0.39 is 0 Å². The first-order valence-corrected chi connectivity index (χ1v) is 10.4. The second-order valence-corrected chi connectivity index (χ2v) is 5.99. The summed E-state index contributed by atoms with van der Waals surface area (Å²) in [6.07, 6.45) is 14.8. The Morgan fingerprint density at radius 1 is 0.562 bits per heavy atom. The normalized spacial score (nSPS) is 8.00. The van der Waals surface area contributed by atoms with Gasteiger partial charge in [-0.15, -0.1) is 0 Å². The van der Waals surface area contributed by atoms with Crippen LogP contribution in [0.4, 0.5) is 0 Å². The van der Waals surface area contributed by atoms with Crippen molar-refractivity contribution in [3.8, 4) is 0 Å². The Labute approximate surface area is 191 Å². The highest BCUT2D eigenvalue weighted by molar-refractivity contribution is 7.07. The second-order valence-electron chi connectivity index (χ2n) is 5.18. The lowest BCUT2D eigenvalue weighted by Crippen LogP contribution is -1.58. The lowest BCUT2D eigenvalue weighted by atomic mass is 10.4. The largest absolute Gasteiger partial charge is 0.473 e. The molecule has 5 heterocycles. The zero-order valence-electron chi connectivity index (χ0n) is 17.5. The number of furan rings is 1. The van der Waals surface area contributed by atoms with E-state index in [0.29, 0.717) is 0 Å². The summed E-state index contributed by atoms with van der Waals surface area (Å²) in [5.74, 6) is 0. The quantitative estimate of drug-likeness (QED) is 0.298. The molecular weight excluding hydrogens is 420 g/mol. The van der Waals surface area contributed by atoms with Gasteiger partial charge in [0.05, 0.1) is 18.9 Å². The Kier molecular flexibility index (Phi) is 18.5. The smallest absolute Gasteiger partial charge is 0.137 e. The molecule has 1 aromatic carbocycles. The van der Waals surface area contributed by atoms with Gasteiger partial charge < -0.3 is 9.40 Å². The van der Waals surface area contributed by atoms with Gasteiger partial charge in [-0.25, -0.2) is 9.97 Å². The molecule has 32 heavy (non-hydrogen) atoms. The Hall–Kier alpha value is -4.30. The molecule has 8 heteroatoms. The Morgan fingerprint density at radius 2 is 1.19 bits per heavy atom. The molecule has 0 radical (unpaired) electrons. The number of rotatable bonds is 0. The van der Waals surface area contributed by atoms with Gasteiger partial charge in [-0.3, -0.25) is 10.1 Å². The van der Waals surface area contributed by atoms with E-state index in [9.17, 15) is 0 Å². The minimum atomic E-state index is 1.44.